The Morgan fingerprint density at radius 1 is 0.470 bits per heavy atom. The van der Waals surface area contributed by atoms with Crippen LogP contribution in [-0.2, 0) is 67.3 Å². The average molecular weight is 1090 g/mol. The number of halogens is 3. The van der Waals surface area contributed by atoms with E-state index in [4.69, 9.17) is 32.8 Å². The van der Waals surface area contributed by atoms with Crippen LogP contribution in [0.1, 0.15) is 69.4 Å². The van der Waals surface area contributed by atoms with Crippen molar-refractivity contribution >= 4 is 89.0 Å². The molecule has 66 heavy (non-hydrogen) atoms. The van der Waals surface area contributed by atoms with Crippen molar-refractivity contribution in [3.8, 4) is 0 Å². The highest BCUT2D eigenvalue weighted by Crippen LogP contribution is 2.28. The summed E-state index contributed by atoms with van der Waals surface area (Å²) in [6.07, 6.45) is 0.428. The molecule has 0 saturated carbocycles. The largest absolute Gasteiger partial charge is 0.481 e. The molecule has 348 valence electrons. The van der Waals surface area contributed by atoms with Crippen molar-refractivity contribution in [1.82, 2.24) is 0 Å². The summed E-state index contributed by atoms with van der Waals surface area (Å²) >= 11 is 9.93. The number of hydrogen-bond acceptors (Lipinski definition) is 8. The SMILES string of the molecule is COC(=O)C(C)(C)c1ccc(Br)cc1.COC(=O)Cc1ccc(Br)cc1.O=C(O)Cc1ccc(Br)cc1.[C-]#[N+]c1ccc(C(C)(C)C(=O)O)cc1.[C-]#[N+]c1ccc(C(C)(C)C(=O)OC)cc1. The molecule has 0 fully saturated rings. The van der Waals surface area contributed by atoms with Crippen LogP contribution in [0.2, 0.25) is 0 Å². The van der Waals surface area contributed by atoms with Crippen LogP contribution in [0.5, 0.6) is 0 Å². The second-order valence-electron chi connectivity index (χ2n) is 15.6. The van der Waals surface area contributed by atoms with Crippen LogP contribution in [0.3, 0.4) is 0 Å². The third-order valence-corrected chi connectivity index (χ3v) is 11.3. The number of aliphatic carboxylic acids is 2. The fourth-order valence-corrected chi connectivity index (χ4v) is 6.05. The van der Waals surface area contributed by atoms with Gasteiger partial charge < -0.3 is 24.4 Å². The molecule has 12 nitrogen and oxygen atoms in total. The molecule has 5 aromatic rings. The zero-order valence-corrected chi connectivity index (χ0v) is 42.9. The van der Waals surface area contributed by atoms with Crippen LogP contribution in [-0.4, -0.2) is 61.4 Å². The summed E-state index contributed by atoms with van der Waals surface area (Å²) in [5.41, 5.74) is 3.22. The second kappa shape index (κ2) is 28.0. The average Bonchev–Trinajstić information content (AvgIpc) is 3.30. The van der Waals surface area contributed by atoms with Gasteiger partial charge >= 0.3 is 29.8 Å². The minimum Gasteiger partial charge on any atom is -0.481 e. The van der Waals surface area contributed by atoms with Crippen LogP contribution in [0.25, 0.3) is 9.69 Å². The van der Waals surface area contributed by atoms with Crippen molar-refractivity contribution in [3.05, 3.63) is 185 Å². The molecule has 5 aromatic carbocycles. The standard InChI is InChI=1S/C12H13NO2.C11H13BrO2.C11H11NO2.C9H9BrO2.C8H7BrO2/c1-12(2,11(14)15-4)9-5-7-10(13-3)8-6-9;1-11(2,10(13)14-3)8-4-6-9(12)7-5-8;1-11(2,10(13)14)8-4-6-9(12-3)7-5-8;1-12-9(11)6-7-2-4-8(10)5-3-7;9-7-3-1-6(2-4-7)5-8(10)11/h5-8H,1-2,4H3;4-7H,1-3H3;4-7H,1-2H3,(H,13,14);2-5H,6H2,1H3;1-4H,5H2,(H,10,11). The van der Waals surface area contributed by atoms with E-state index in [1.165, 1.54) is 21.3 Å². The number of hydrogen-bond donors (Lipinski definition) is 2. The van der Waals surface area contributed by atoms with Crippen LogP contribution in [0, 0.1) is 13.1 Å². The Bertz CT molecular complexity index is 2440. The van der Waals surface area contributed by atoms with Gasteiger partial charge in [-0.2, -0.15) is 0 Å². The molecular weight excluding hydrogens is 1040 g/mol. The Labute approximate surface area is 412 Å². The number of carbonyl (C=O) groups excluding carboxylic acids is 3. The number of nitrogens with zero attached hydrogens (tertiary/aromatic N) is 2. The molecule has 0 unspecified atom stereocenters. The number of esters is 3. The van der Waals surface area contributed by atoms with Gasteiger partial charge in [0.1, 0.15) is 0 Å². The highest BCUT2D eigenvalue weighted by atomic mass is 79.9. The number of carboxylic acid groups (broad SMARTS) is 2. The third-order valence-electron chi connectivity index (χ3n) is 9.69. The number of carbonyl (C=O) groups is 5. The molecule has 0 aliphatic heterocycles. The van der Waals surface area contributed by atoms with E-state index in [1.54, 1.807) is 88.4 Å². The lowest BCUT2D eigenvalue weighted by molar-refractivity contribution is -0.147. The van der Waals surface area contributed by atoms with Gasteiger partial charge in [0.2, 0.25) is 0 Å². The summed E-state index contributed by atoms with van der Waals surface area (Å²) in [6.45, 7) is 24.2. The van der Waals surface area contributed by atoms with E-state index in [9.17, 15) is 24.0 Å². The Kier molecular flexibility index (Phi) is 24.6. The van der Waals surface area contributed by atoms with Gasteiger partial charge in [-0.3, -0.25) is 24.0 Å². The predicted molar refractivity (Wildman–Crippen MR) is 266 cm³/mol. The molecule has 0 aliphatic rings. The number of ether oxygens (including phenoxy) is 3. The van der Waals surface area contributed by atoms with E-state index in [2.05, 4.69) is 62.2 Å². The first-order chi connectivity index (χ1) is 30.9. The zero-order chi connectivity index (χ0) is 50.3. The van der Waals surface area contributed by atoms with Gasteiger partial charge in [-0.1, -0.05) is 133 Å². The van der Waals surface area contributed by atoms with E-state index in [0.717, 1.165) is 35.7 Å². The van der Waals surface area contributed by atoms with Crippen molar-refractivity contribution in [2.75, 3.05) is 21.3 Å². The molecule has 5 rings (SSSR count). The van der Waals surface area contributed by atoms with Crippen molar-refractivity contribution in [3.63, 3.8) is 0 Å². The summed E-state index contributed by atoms with van der Waals surface area (Å²) in [7, 11) is 4.17. The maximum Gasteiger partial charge on any atom is 0.315 e. The Hall–Kier alpha value is -6.13. The van der Waals surface area contributed by atoms with Crippen LogP contribution in [0.4, 0.5) is 11.4 Å². The quantitative estimate of drug-likeness (QED) is 0.0782. The highest BCUT2D eigenvalue weighted by Gasteiger charge is 2.32. The van der Waals surface area contributed by atoms with Crippen molar-refractivity contribution < 1.29 is 48.4 Å². The minimum absolute atomic E-state index is 0.0906. The normalized spacial score (nSPS) is 10.3. The first-order valence-electron chi connectivity index (χ1n) is 19.8. The van der Waals surface area contributed by atoms with Gasteiger partial charge in [0.25, 0.3) is 0 Å². The van der Waals surface area contributed by atoms with Gasteiger partial charge in [0.15, 0.2) is 11.4 Å². The van der Waals surface area contributed by atoms with E-state index in [1.807, 2.05) is 74.5 Å². The molecule has 2 N–H and O–H groups in total. The van der Waals surface area contributed by atoms with E-state index in [0.29, 0.717) is 23.4 Å². The Morgan fingerprint density at radius 3 is 1.03 bits per heavy atom. The highest BCUT2D eigenvalue weighted by molar-refractivity contribution is 9.11. The smallest absolute Gasteiger partial charge is 0.315 e. The van der Waals surface area contributed by atoms with Crippen LogP contribution >= 0.6 is 47.8 Å². The van der Waals surface area contributed by atoms with Crippen LogP contribution < -0.4 is 0 Å². The first-order valence-corrected chi connectivity index (χ1v) is 22.2. The molecule has 0 heterocycles. The summed E-state index contributed by atoms with van der Waals surface area (Å²) in [4.78, 5) is 61.5. The molecular formula is C51H53Br3N2O10. The lowest BCUT2D eigenvalue weighted by Gasteiger charge is -2.21. The van der Waals surface area contributed by atoms with Crippen molar-refractivity contribution in [2.45, 2.75) is 70.6 Å². The summed E-state index contributed by atoms with van der Waals surface area (Å²) in [5.74, 6) is -2.38. The first kappa shape index (κ1) is 57.9. The maximum atomic E-state index is 11.5. The molecule has 0 radical (unpaired) electrons. The Morgan fingerprint density at radius 2 is 0.758 bits per heavy atom. The molecule has 0 amide bonds. The number of carboxylic acids is 2. The molecule has 0 atom stereocenters. The van der Waals surface area contributed by atoms with Gasteiger partial charge in [-0.05, 0) is 106 Å². The number of rotatable bonds is 10. The zero-order valence-electron chi connectivity index (χ0n) is 38.1. The molecule has 0 saturated heterocycles. The second-order valence-corrected chi connectivity index (χ2v) is 18.3. The predicted octanol–water partition coefficient (Wildman–Crippen LogP) is 12.4. The van der Waals surface area contributed by atoms with Gasteiger partial charge in [0.05, 0.1) is 63.6 Å². The summed E-state index contributed by atoms with van der Waals surface area (Å²) < 4.78 is 17.0. The van der Waals surface area contributed by atoms with Crippen LogP contribution in [0.15, 0.2) is 135 Å². The number of benzene rings is 5. The fraction of sp³-hybridized carbons (Fsp3) is 0.275. The molecule has 0 spiro atoms. The lowest BCUT2D eigenvalue weighted by atomic mass is 9.85. The van der Waals surface area contributed by atoms with Crippen molar-refractivity contribution in [1.29, 1.82) is 0 Å². The topological polar surface area (TPSA) is 162 Å². The number of methoxy groups -OCH3 is 3. The van der Waals surface area contributed by atoms with Gasteiger partial charge in [-0.25, -0.2) is 9.69 Å². The molecule has 0 aliphatic carbocycles. The van der Waals surface area contributed by atoms with E-state index >= 15 is 0 Å². The third kappa shape index (κ3) is 19.5. The van der Waals surface area contributed by atoms with E-state index < -0.39 is 28.2 Å². The fourth-order valence-electron chi connectivity index (χ4n) is 5.26. The molecule has 15 heteroatoms. The summed E-state index contributed by atoms with van der Waals surface area (Å²) in [6, 6.07) is 36.1. The van der Waals surface area contributed by atoms with Gasteiger partial charge in [0, 0.05) is 13.4 Å². The minimum atomic E-state index is -0.902. The van der Waals surface area contributed by atoms with Gasteiger partial charge in [-0.15, -0.1) is 0 Å². The van der Waals surface area contributed by atoms with Crippen molar-refractivity contribution in [2.24, 2.45) is 0 Å². The molecule has 0 aromatic heterocycles. The molecule has 0 bridgehead atoms. The monoisotopic (exact) mass is 1090 g/mol. The summed E-state index contributed by atoms with van der Waals surface area (Å²) in [5, 5.41) is 17.4. The maximum absolute atomic E-state index is 11.5. The van der Waals surface area contributed by atoms with E-state index in [-0.39, 0.29) is 24.3 Å². The Balaban J connectivity index is 0.000000414. The lowest BCUT2D eigenvalue weighted by Crippen LogP contribution is -2.30.